The molecule has 1 fully saturated rings. The summed E-state index contributed by atoms with van der Waals surface area (Å²) in [5.41, 5.74) is 0. The highest BCUT2D eigenvalue weighted by Gasteiger charge is 2.29. The van der Waals surface area contributed by atoms with E-state index >= 15 is 0 Å². The summed E-state index contributed by atoms with van der Waals surface area (Å²) >= 11 is 0. The summed E-state index contributed by atoms with van der Waals surface area (Å²) in [7, 11) is 0. The molecule has 0 spiro atoms. The van der Waals surface area contributed by atoms with E-state index in [1.165, 1.54) is 0 Å². The summed E-state index contributed by atoms with van der Waals surface area (Å²) in [6.45, 7) is 6.54. The van der Waals surface area contributed by atoms with E-state index in [1.54, 1.807) is 25.4 Å². The minimum atomic E-state index is -0.480. The third-order valence-corrected chi connectivity index (χ3v) is 3.52. The fourth-order valence-electron chi connectivity index (χ4n) is 2.52. The van der Waals surface area contributed by atoms with Gasteiger partial charge in [0.2, 0.25) is 0 Å². The highest BCUT2D eigenvalue weighted by Crippen LogP contribution is 2.15. The molecule has 1 aromatic heterocycles. The highest BCUT2D eigenvalue weighted by molar-refractivity contribution is 5.81. The van der Waals surface area contributed by atoms with Crippen LogP contribution in [0.1, 0.15) is 26.7 Å². The molecule has 1 amide bonds. The largest absolute Gasteiger partial charge is 0.479 e. The molecule has 2 unspecified atom stereocenters. The van der Waals surface area contributed by atoms with Gasteiger partial charge in [-0.05, 0) is 38.4 Å². The van der Waals surface area contributed by atoms with Crippen molar-refractivity contribution < 1.29 is 9.53 Å². The van der Waals surface area contributed by atoms with E-state index in [2.05, 4.69) is 17.2 Å². The van der Waals surface area contributed by atoms with E-state index in [1.807, 2.05) is 11.0 Å². The first kappa shape index (κ1) is 14.8. The number of ether oxygens (including phenoxy) is 1. The Morgan fingerprint density at radius 2 is 2.50 bits per heavy atom. The fourth-order valence-corrected chi connectivity index (χ4v) is 2.52. The summed E-state index contributed by atoms with van der Waals surface area (Å²) in [4.78, 5) is 18.5. The van der Waals surface area contributed by atoms with Crippen LogP contribution >= 0.6 is 0 Å². The Bertz CT molecular complexity index is 418. The van der Waals surface area contributed by atoms with Crippen LogP contribution in [0, 0.1) is 0 Å². The van der Waals surface area contributed by atoms with Gasteiger partial charge in [0.25, 0.3) is 5.91 Å². The second kappa shape index (κ2) is 7.24. The first-order valence-corrected chi connectivity index (χ1v) is 7.30. The molecule has 1 aliphatic heterocycles. The van der Waals surface area contributed by atoms with Gasteiger partial charge in [-0.1, -0.05) is 6.92 Å². The molecular formula is C15H23N3O2. The van der Waals surface area contributed by atoms with E-state index in [0.29, 0.717) is 11.8 Å². The molecule has 0 aliphatic carbocycles. The van der Waals surface area contributed by atoms with Gasteiger partial charge in [0.15, 0.2) is 6.10 Å². The average molecular weight is 277 g/mol. The van der Waals surface area contributed by atoms with Gasteiger partial charge in [0, 0.05) is 25.3 Å². The maximum absolute atomic E-state index is 12.6. The molecule has 1 saturated heterocycles. The number of amides is 1. The number of nitrogens with one attached hydrogen (secondary N) is 1. The standard InChI is InChI=1S/C15H23N3O2/c1-3-9-18(13-6-8-17-10-13)15(19)12(2)20-14-5-4-7-16-11-14/h4-5,7,11-13,17H,3,6,8-10H2,1-2H3. The Kier molecular flexibility index (Phi) is 5.35. The molecule has 0 bridgehead atoms. The molecule has 2 heterocycles. The van der Waals surface area contributed by atoms with Crippen LogP contribution in [0.4, 0.5) is 0 Å². The lowest BCUT2D eigenvalue weighted by Gasteiger charge is -2.30. The predicted molar refractivity (Wildman–Crippen MR) is 77.6 cm³/mol. The molecule has 110 valence electrons. The zero-order valence-corrected chi connectivity index (χ0v) is 12.2. The van der Waals surface area contributed by atoms with E-state index in [-0.39, 0.29) is 5.91 Å². The van der Waals surface area contributed by atoms with Crippen molar-refractivity contribution in [1.82, 2.24) is 15.2 Å². The smallest absolute Gasteiger partial charge is 0.263 e. The molecule has 0 radical (unpaired) electrons. The normalized spacial score (nSPS) is 19.6. The summed E-state index contributed by atoms with van der Waals surface area (Å²) in [5.74, 6) is 0.693. The van der Waals surface area contributed by atoms with Crippen LogP contribution in [0.15, 0.2) is 24.5 Å². The number of pyridine rings is 1. The predicted octanol–water partition coefficient (Wildman–Crippen LogP) is 1.45. The van der Waals surface area contributed by atoms with E-state index in [9.17, 15) is 4.79 Å². The van der Waals surface area contributed by atoms with Crippen molar-refractivity contribution in [2.45, 2.75) is 38.8 Å². The van der Waals surface area contributed by atoms with Gasteiger partial charge < -0.3 is 15.0 Å². The second-order valence-corrected chi connectivity index (χ2v) is 5.13. The van der Waals surface area contributed by atoms with Crippen molar-refractivity contribution in [3.63, 3.8) is 0 Å². The van der Waals surface area contributed by atoms with Gasteiger partial charge in [-0.3, -0.25) is 9.78 Å². The monoisotopic (exact) mass is 277 g/mol. The van der Waals surface area contributed by atoms with Crippen molar-refractivity contribution in [1.29, 1.82) is 0 Å². The summed E-state index contributed by atoms with van der Waals surface area (Å²) < 4.78 is 5.69. The topological polar surface area (TPSA) is 54.5 Å². The van der Waals surface area contributed by atoms with Crippen molar-refractivity contribution in [3.8, 4) is 5.75 Å². The molecule has 1 N–H and O–H groups in total. The van der Waals surface area contributed by atoms with E-state index in [4.69, 9.17) is 4.74 Å². The number of nitrogens with zero attached hydrogens (tertiary/aromatic N) is 2. The molecule has 1 aliphatic rings. The number of carbonyl (C=O) groups excluding carboxylic acids is 1. The number of rotatable bonds is 6. The summed E-state index contributed by atoms with van der Waals surface area (Å²) in [6, 6.07) is 3.91. The Balaban J connectivity index is 1.99. The van der Waals surface area contributed by atoms with E-state index < -0.39 is 6.10 Å². The quantitative estimate of drug-likeness (QED) is 0.855. The molecule has 5 heteroatoms. The lowest BCUT2D eigenvalue weighted by atomic mass is 10.2. The van der Waals surface area contributed by atoms with Gasteiger partial charge >= 0.3 is 0 Å². The zero-order chi connectivity index (χ0) is 14.4. The van der Waals surface area contributed by atoms with Crippen LogP contribution in [0.2, 0.25) is 0 Å². The molecule has 5 nitrogen and oxygen atoms in total. The molecule has 20 heavy (non-hydrogen) atoms. The zero-order valence-electron chi connectivity index (χ0n) is 12.2. The number of hydrogen-bond acceptors (Lipinski definition) is 4. The van der Waals surface area contributed by atoms with Crippen molar-refractivity contribution in [2.24, 2.45) is 0 Å². The van der Waals surface area contributed by atoms with Crippen LogP contribution in [0.3, 0.4) is 0 Å². The first-order chi connectivity index (χ1) is 9.72. The first-order valence-electron chi connectivity index (χ1n) is 7.30. The fraction of sp³-hybridized carbons (Fsp3) is 0.600. The van der Waals surface area contributed by atoms with Crippen LogP contribution < -0.4 is 10.1 Å². The summed E-state index contributed by atoms with van der Waals surface area (Å²) in [5, 5.41) is 3.31. The van der Waals surface area contributed by atoms with Gasteiger partial charge in [-0.25, -0.2) is 0 Å². The molecule has 2 atom stereocenters. The van der Waals surface area contributed by atoms with Crippen LogP contribution in [-0.4, -0.2) is 47.6 Å². The Morgan fingerprint density at radius 1 is 1.65 bits per heavy atom. The van der Waals surface area contributed by atoms with E-state index in [0.717, 1.165) is 32.5 Å². The van der Waals surface area contributed by atoms with Gasteiger partial charge in [0.1, 0.15) is 5.75 Å². The molecule has 0 saturated carbocycles. The number of aromatic nitrogens is 1. The van der Waals surface area contributed by atoms with Crippen molar-refractivity contribution in [2.75, 3.05) is 19.6 Å². The van der Waals surface area contributed by atoms with Crippen LogP contribution in [-0.2, 0) is 4.79 Å². The second-order valence-electron chi connectivity index (χ2n) is 5.13. The SMILES string of the molecule is CCCN(C(=O)C(C)Oc1cccnc1)C1CCNC1. The third-order valence-electron chi connectivity index (χ3n) is 3.52. The molecule has 0 aromatic carbocycles. The maximum atomic E-state index is 12.6. The van der Waals surface area contributed by atoms with Gasteiger partial charge in [0.05, 0.1) is 6.20 Å². The van der Waals surface area contributed by atoms with Crippen molar-refractivity contribution in [3.05, 3.63) is 24.5 Å². The van der Waals surface area contributed by atoms with Gasteiger partial charge in [-0.15, -0.1) is 0 Å². The lowest BCUT2D eigenvalue weighted by Crippen LogP contribution is -2.47. The third kappa shape index (κ3) is 3.70. The lowest BCUT2D eigenvalue weighted by molar-refractivity contribution is -0.140. The Labute approximate surface area is 120 Å². The highest BCUT2D eigenvalue weighted by atomic mass is 16.5. The number of hydrogen-bond donors (Lipinski definition) is 1. The van der Waals surface area contributed by atoms with Crippen molar-refractivity contribution >= 4 is 5.91 Å². The maximum Gasteiger partial charge on any atom is 0.263 e. The average Bonchev–Trinajstić information content (AvgIpc) is 2.99. The minimum absolute atomic E-state index is 0.0596. The molecule has 1 aromatic rings. The molecular weight excluding hydrogens is 254 g/mol. The Hall–Kier alpha value is -1.62. The van der Waals surface area contributed by atoms with Crippen LogP contribution in [0.25, 0.3) is 0 Å². The Morgan fingerprint density at radius 3 is 3.10 bits per heavy atom. The van der Waals surface area contributed by atoms with Crippen LogP contribution in [0.5, 0.6) is 5.75 Å². The van der Waals surface area contributed by atoms with Gasteiger partial charge in [-0.2, -0.15) is 0 Å². The molecule has 2 rings (SSSR count). The number of carbonyl (C=O) groups is 1. The minimum Gasteiger partial charge on any atom is -0.479 e. The summed E-state index contributed by atoms with van der Waals surface area (Å²) in [6.07, 6.45) is 4.82.